The number of aryl methyl sites for hydroxylation is 1. The molecule has 1 aromatic carbocycles. The van der Waals surface area contributed by atoms with Gasteiger partial charge in [-0.1, -0.05) is 61.9 Å². The Morgan fingerprint density at radius 1 is 1.15 bits per heavy atom. The summed E-state index contributed by atoms with van der Waals surface area (Å²) in [4.78, 5) is 29.4. The van der Waals surface area contributed by atoms with Crippen LogP contribution in [0.4, 0.5) is 0 Å². The summed E-state index contributed by atoms with van der Waals surface area (Å²) in [6.45, 7) is 7.16. The zero-order chi connectivity index (χ0) is 28.9. The number of likely N-dealkylation sites (N-methyl/N-ethyl adjacent to an activating group) is 1. The van der Waals surface area contributed by atoms with Crippen molar-refractivity contribution in [2.24, 2.45) is 5.92 Å². The fraction of sp³-hybridized carbons (Fsp3) is 0.400. The highest BCUT2D eigenvalue weighted by Gasteiger charge is 2.22. The second-order valence-electron chi connectivity index (χ2n) is 10.1. The van der Waals surface area contributed by atoms with Gasteiger partial charge >= 0.3 is 5.97 Å². The van der Waals surface area contributed by atoms with Crippen molar-refractivity contribution in [2.75, 3.05) is 27.2 Å². The smallest absolute Gasteiger partial charge is 0.305 e. The molecule has 0 saturated carbocycles. The average Bonchev–Trinajstić information content (AvgIpc) is 2.87. The second kappa shape index (κ2) is 16.1. The van der Waals surface area contributed by atoms with Crippen molar-refractivity contribution in [1.82, 2.24) is 19.8 Å². The van der Waals surface area contributed by atoms with Gasteiger partial charge in [-0.3, -0.25) is 14.6 Å². The molecular formula is C30H39ClN4O3S. The lowest BCUT2D eigenvalue weighted by Crippen LogP contribution is -2.35. The van der Waals surface area contributed by atoms with Crippen LogP contribution >= 0.6 is 23.8 Å². The van der Waals surface area contributed by atoms with Gasteiger partial charge in [-0.05, 0) is 69.1 Å². The Balaban J connectivity index is 0.000000318. The van der Waals surface area contributed by atoms with Crippen molar-refractivity contribution < 1.29 is 14.7 Å². The highest BCUT2D eigenvalue weighted by molar-refractivity contribution is 7.71. The number of carbonyl (C=O) groups excluding carboxylic acids is 1. The van der Waals surface area contributed by atoms with Gasteiger partial charge in [0.15, 0.2) is 0 Å². The number of pyridine rings is 2. The number of amides is 1. The lowest BCUT2D eigenvalue weighted by atomic mass is 10.0. The fourth-order valence-corrected chi connectivity index (χ4v) is 4.74. The van der Waals surface area contributed by atoms with E-state index in [2.05, 4.69) is 29.0 Å². The van der Waals surface area contributed by atoms with Gasteiger partial charge in [-0.2, -0.15) is 0 Å². The summed E-state index contributed by atoms with van der Waals surface area (Å²) in [6, 6.07) is 13.3. The number of hydrogen-bond acceptors (Lipinski definition) is 5. The van der Waals surface area contributed by atoms with Crippen molar-refractivity contribution in [3.63, 3.8) is 0 Å². The van der Waals surface area contributed by atoms with E-state index in [1.165, 1.54) is 5.56 Å². The molecule has 0 saturated heterocycles. The van der Waals surface area contributed by atoms with Gasteiger partial charge in [0.05, 0.1) is 6.42 Å². The molecule has 0 fully saturated rings. The molecule has 2 N–H and O–H groups in total. The molecular weight excluding hydrogens is 532 g/mol. The number of benzene rings is 1. The van der Waals surface area contributed by atoms with Gasteiger partial charge in [0.25, 0.3) is 0 Å². The summed E-state index contributed by atoms with van der Waals surface area (Å²) in [5.41, 5.74) is 4.35. The lowest BCUT2D eigenvalue weighted by Gasteiger charge is -2.23. The van der Waals surface area contributed by atoms with Crippen molar-refractivity contribution >= 4 is 35.7 Å². The Hall–Kier alpha value is -3.07. The molecule has 0 radical (unpaired) electrons. The summed E-state index contributed by atoms with van der Waals surface area (Å²) in [5.74, 6) is -0.804. The molecule has 0 bridgehead atoms. The summed E-state index contributed by atoms with van der Waals surface area (Å²) in [7, 11) is 4.02. The summed E-state index contributed by atoms with van der Waals surface area (Å²) < 4.78 is 2.51. The molecule has 7 nitrogen and oxygen atoms in total. The standard InChI is InChI=1S/C18H29N3O3S.C12H10ClN/c1-13(2)12-15(17(24)19-9-7-16(22)23)21-10-5-6-14(18(21)25)8-11-20(3)4;1-9-4-2-6-11(13)12(9)10-5-3-7-14-8-10/h5-6,10,13,15H,7-9,11-12H2,1-4H3,(H,19,24)(H,22,23);2-8H,1H3. The second-order valence-corrected chi connectivity index (χ2v) is 10.8. The zero-order valence-corrected chi connectivity index (χ0v) is 24.9. The normalized spacial score (nSPS) is 11.6. The van der Waals surface area contributed by atoms with Gasteiger partial charge in [0, 0.05) is 47.8 Å². The molecule has 0 aliphatic carbocycles. The van der Waals surface area contributed by atoms with Gasteiger partial charge in [-0.15, -0.1) is 0 Å². The quantitative estimate of drug-likeness (QED) is 0.266. The largest absolute Gasteiger partial charge is 0.481 e. The number of aliphatic carboxylic acids is 1. The topological polar surface area (TPSA) is 87.5 Å². The first-order chi connectivity index (χ1) is 18.5. The Morgan fingerprint density at radius 2 is 1.90 bits per heavy atom. The maximum Gasteiger partial charge on any atom is 0.305 e. The Bertz CT molecular complexity index is 1260. The number of hydrogen-bond donors (Lipinski definition) is 2. The first kappa shape index (κ1) is 32.1. The van der Waals surface area contributed by atoms with E-state index in [9.17, 15) is 9.59 Å². The Labute approximate surface area is 241 Å². The average molecular weight is 571 g/mol. The van der Waals surface area contributed by atoms with Crippen LogP contribution in [0.15, 0.2) is 61.1 Å². The van der Waals surface area contributed by atoms with Crippen LogP contribution in [0.5, 0.6) is 0 Å². The third-order valence-electron chi connectivity index (χ3n) is 6.02. The summed E-state index contributed by atoms with van der Waals surface area (Å²) >= 11 is 11.8. The highest BCUT2D eigenvalue weighted by Crippen LogP contribution is 2.30. The molecule has 3 rings (SSSR count). The van der Waals surface area contributed by atoms with Crippen LogP contribution in [0.3, 0.4) is 0 Å². The number of carboxylic acid groups (broad SMARTS) is 1. The van der Waals surface area contributed by atoms with E-state index >= 15 is 0 Å². The molecule has 1 unspecified atom stereocenters. The Kier molecular flexibility index (Phi) is 13.3. The van der Waals surface area contributed by atoms with E-state index < -0.39 is 12.0 Å². The van der Waals surface area contributed by atoms with Crippen molar-refractivity contribution in [3.8, 4) is 11.1 Å². The summed E-state index contributed by atoms with van der Waals surface area (Å²) in [6.07, 6.45) is 6.80. The molecule has 3 aromatic rings. The van der Waals surface area contributed by atoms with Gasteiger partial charge in [0.1, 0.15) is 10.7 Å². The molecule has 1 amide bonds. The van der Waals surface area contributed by atoms with E-state index in [1.807, 2.05) is 80.4 Å². The van der Waals surface area contributed by atoms with Crippen LogP contribution in [0, 0.1) is 17.5 Å². The predicted molar refractivity (Wildman–Crippen MR) is 161 cm³/mol. The molecule has 210 valence electrons. The minimum absolute atomic E-state index is 0.0889. The molecule has 2 aromatic heterocycles. The molecule has 0 aliphatic rings. The zero-order valence-electron chi connectivity index (χ0n) is 23.4. The molecule has 39 heavy (non-hydrogen) atoms. The van der Waals surface area contributed by atoms with Crippen molar-refractivity contribution in [3.05, 3.63) is 81.8 Å². The Morgan fingerprint density at radius 3 is 2.49 bits per heavy atom. The van der Waals surface area contributed by atoms with Gasteiger partial charge < -0.3 is 19.9 Å². The predicted octanol–water partition coefficient (Wildman–Crippen LogP) is 6.21. The van der Waals surface area contributed by atoms with E-state index in [4.69, 9.17) is 28.9 Å². The SMILES string of the molecule is CC(C)CC(C(=O)NCCC(=O)O)n1cccc(CCN(C)C)c1=S.Cc1cccc(Cl)c1-c1cccnc1. The number of aromatic nitrogens is 2. The fourth-order valence-electron chi connectivity index (χ4n) is 4.05. The van der Waals surface area contributed by atoms with E-state index in [0.717, 1.165) is 34.7 Å². The van der Waals surface area contributed by atoms with E-state index in [0.29, 0.717) is 17.0 Å². The molecule has 2 heterocycles. The maximum atomic E-state index is 12.6. The molecule has 0 spiro atoms. The number of halogens is 1. The third kappa shape index (κ3) is 10.5. The lowest BCUT2D eigenvalue weighted by molar-refractivity contribution is -0.137. The molecule has 9 heteroatoms. The molecule has 1 atom stereocenters. The van der Waals surface area contributed by atoms with Crippen LogP contribution in [-0.2, 0) is 16.0 Å². The summed E-state index contributed by atoms with van der Waals surface area (Å²) in [5, 5.41) is 12.2. The monoisotopic (exact) mass is 570 g/mol. The van der Waals surface area contributed by atoms with Gasteiger partial charge in [-0.25, -0.2) is 0 Å². The number of rotatable bonds is 11. The van der Waals surface area contributed by atoms with Crippen LogP contribution in [-0.4, -0.2) is 58.6 Å². The van der Waals surface area contributed by atoms with Crippen LogP contribution in [0.25, 0.3) is 11.1 Å². The van der Waals surface area contributed by atoms with Crippen LogP contribution < -0.4 is 5.32 Å². The first-order valence-electron chi connectivity index (χ1n) is 13.0. The van der Waals surface area contributed by atoms with Crippen LogP contribution in [0.1, 0.15) is 43.9 Å². The molecule has 0 aliphatic heterocycles. The van der Waals surface area contributed by atoms with E-state index in [-0.39, 0.29) is 18.9 Å². The van der Waals surface area contributed by atoms with Crippen molar-refractivity contribution in [2.45, 2.75) is 46.1 Å². The first-order valence-corrected chi connectivity index (χ1v) is 13.8. The van der Waals surface area contributed by atoms with Crippen molar-refractivity contribution in [1.29, 1.82) is 0 Å². The minimum Gasteiger partial charge on any atom is -0.481 e. The van der Waals surface area contributed by atoms with Gasteiger partial charge in [0.2, 0.25) is 5.91 Å². The van der Waals surface area contributed by atoms with E-state index in [1.54, 1.807) is 6.20 Å². The maximum absolute atomic E-state index is 12.6. The highest BCUT2D eigenvalue weighted by atomic mass is 35.5. The number of nitrogens with one attached hydrogen (secondary N) is 1. The number of carboxylic acids is 1. The number of carbonyl (C=O) groups is 2. The number of nitrogens with zero attached hydrogens (tertiary/aromatic N) is 3. The van der Waals surface area contributed by atoms with Crippen LogP contribution in [0.2, 0.25) is 5.02 Å². The third-order valence-corrected chi connectivity index (χ3v) is 6.81. The minimum atomic E-state index is -0.928.